The van der Waals surface area contributed by atoms with Crippen LogP contribution in [-0.2, 0) is 0 Å². The molecule has 0 bridgehead atoms. The third kappa shape index (κ3) is 5.90. The summed E-state index contributed by atoms with van der Waals surface area (Å²) in [5.74, 6) is 0. The number of nitrogens with zero attached hydrogens (tertiary/aromatic N) is 4. The van der Waals surface area contributed by atoms with Gasteiger partial charge in [-0.1, -0.05) is 36.4 Å². The van der Waals surface area contributed by atoms with Gasteiger partial charge in [-0.15, -0.1) is 0 Å². The topological polar surface area (TPSA) is 139 Å². The lowest BCUT2D eigenvalue weighted by atomic mass is 10.0. The molecule has 3 aromatic heterocycles. The van der Waals surface area contributed by atoms with Crippen LogP contribution in [0.15, 0.2) is 120 Å². The number of benzene rings is 2. The summed E-state index contributed by atoms with van der Waals surface area (Å²) in [6, 6.07) is 23.7. The number of hydrogen-bond donors (Lipinski definition) is 2. The number of fused-ring (bicyclic) bond motifs is 3. The van der Waals surface area contributed by atoms with Crippen LogP contribution in [0, 0.1) is 22.7 Å². The Balaban J connectivity index is 1.36. The van der Waals surface area contributed by atoms with Crippen LogP contribution in [-0.4, -0.2) is 9.97 Å². The number of furan rings is 1. The van der Waals surface area contributed by atoms with E-state index in [4.69, 9.17) is 26.4 Å². The molecule has 0 aliphatic rings. The summed E-state index contributed by atoms with van der Waals surface area (Å²) in [7, 11) is 0. The monoisotopic (exact) mass is 534 g/mol. The van der Waals surface area contributed by atoms with E-state index in [1.54, 1.807) is 36.8 Å². The smallest absolute Gasteiger partial charge is 0.136 e. The lowest BCUT2D eigenvalue weighted by molar-refractivity contribution is 0.669. The number of pyridine rings is 2. The number of nitriles is 2. The Morgan fingerprint density at radius 3 is 2.37 bits per heavy atom. The maximum absolute atomic E-state index is 9.15. The van der Waals surface area contributed by atoms with Crippen LogP contribution in [0.3, 0.4) is 0 Å². The Kier molecular flexibility index (Phi) is 8.00. The summed E-state index contributed by atoms with van der Waals surface area (Å²) < 4.78 is 6.27. The van der Waals surface area contributed by atoms with Gasteiger partial charge in [0.05, 0.1) is 29.1 Å². The van der Waals surface area contributed by atoms with Gasteiger partial charge in [-0.25, -0.2) is 0 Å². The predicted octanol–water partition coefficient (Wildman–Crippen LogP) is 7.14. The predicted molar refractivity (Wildman–Crippen MR) is 162 cm³/mol. The summed E-state index contributed by atoms with van der Waals surface area (Å²) in [5.41, 5.74) is 19.1. The molecule has 7 nitrogen and oxygen atoms in total. The van der Waals surface area contributed by atoms with E-state index in [2.05, 4.69) is 34.2 Å². The van der Waals surface area contributed by atoms with Gasteiger partial charge in [-0.2, -0.15) is 10.5 Å². The maximum Gasteiger partial charge on any atom is 0.136 e. The normalized spacial score (nSPS) is 12.3. The van der Waals surface area contributed by atoms with Crippen molar-refractivity contribution in [1.82, 2.24) is 9.97 Å². The molecule has 41 heavy (non-hydrogen) atoms. The SMILES string of the molecule is N#CC(/C=C\N)=C/CC/C=C\C(=C/N)c1ccc2c(c1)oc1cc(-c3ccc(-c4cc(C#N)ccn4)nc3)ccc12. The molecule has 2 aromatic carbocycles. The minimum atomic E-state index is 0.543. The van der Waals surface area contributed by atoms with Crippen molar-refractivity contribution < 1.29 is 4.42 Å². The fourth-order valence-electron chi connectivity index (χ4n) is 4.54. The maximum atomic E-state index is 9.15. The first-order valence-electron chi connectivity index (χ1n) is 13.0. The second kappa shape index (κ2) is 12.3. The number of hydrogen-bond acceptors (Lipinski definition) is 7. The zero-order valence-corrected chi connectivity index (χ0v) is 22.2. The van der Waals surface area contributed by atoms with Crippen LogP contribution < -0.4 is 11.5 Å². The van der Waals surface area contributed by atoms with Gasteiger partial charge in [0.2, 0.25) is 0 Å². The van der Waals surface area contributed by atoms with Gasteiger partial charge >= 0.3 is 0 Å². The summed E-state index contributed by atoms with van der Waals surface area (Å²) in [5, 5.41) is 20.3. The first-order valence-corrected chi connectivity index (χ1v) is 13.0. The molecule has 4 N–H and O–H groups in total. The standard InChI is InChI=1S/C34H26N6O/c35-14-12-23(19-36)4-2-1-3-5-27(21-38)25-6-9-29-30-10-7-26(18-34(30)41-33(29)17-25)28-8-11-31(40-22-28)32-16-24(20-37)13-15-39-32/h3-18,21-22H,1-2,35,38H2/b5-3-,14-12-,23-4+,27-21+. The molecular weight excluding hydrogens is 508 g/mol. The van der Waals surface area contributed by atoms with Gasteiger partial charge in [0, 0.05) is 40.5 Å². The van der Waals surface area contributed by atoms with Crippen molar-refractivity contribution in [3.63, 3.8) is 0 Å². The Hall–Kier alpha value is -5.92. The molecule has 0 aliphatic heterocycles. The first-order chi connectivity index (χ1) is 20.1. The van der Waals surface area contributed by atoms with Crippen LogP contribution in [0.5, 0.6) is 0 Å². The molecule has 0 aliphatic carbocycles. The molecule has 0 saturated heterocycles. The number of nitrogens with two attached hydrogens (primary N) is 2. The number of rotatable bonds is 8. The minimum Gasteiger partial charge on any atom is -0.456 e. The largest absolute Gasteiger partial charge is 0.456 e. The van der Waals surface area contributed by atoms with Crippen LogP contribution in [0.1, 0.15) is 24.0 Å². The van der Waals surface area contributed by atoms with Gasteiger partial charge in [-0.05, 0) is 84.3 Å². The Bertz CT molecular complexity index is 1930. The molecule has 0 spiro atoms. The molecule has 0 unspecified atom stereocenters. The van der Waals surface area contributed by atoms with Gasteiger partial charge in [0.15, 0.2) is 0 Å². The number of unbranched alkanes of at least 4 members (excludes halogenated alkanes) is 1. The zero-order valence-electron chi connectivity index (χ0n) is 22.2. The van der Waals surface area contributed by atoms with Crippen molar-refractivity contribution in [3.05, 3.63) is 126 Å². The first kappa shape index (κ1) is 26.7. The van der Waals surface area contributed by atoms with Crippen LogP contribution in [0.4, 0.5) is 0 Å². The van der Waals surface area contributed by atoms with E-state index in [0.717, 1.165) is 57.0 Å². The number of allylic oxidation sites excluding steroid dienone is 6. The van der Waals surface area contributed by atoms with Crippen molar-refractivity contribution >= 4 is 27.5 Å². The molecule has 5 aromatic rings. The average molecular weight is 535 g/mol. The molecule has 3 heterocycles. The van der Waals surface area contributed by atoms with Crippen molar-refractivity contribution in [3.8, 4) is 34.7 Å². The second-order valence-electron chi connectivity index (χ2n) is 9.23. The second-order valence-corrected chi connectivity index (χ2v) is 9.23. The highest BCUT2D eigenvalue weighted by atomic mass is 16.3. The van der Waals surface area contributed by atoms with Gasteiger partial charge in [-0.3, -0.25) is 9.97 Å². The van der Waals surface area contributed by atoms with Crippen molar-refractivity contribution in [2.45, 2.75) is 12.8 Å². The lowest BCUT2D eigenvalue weighted by Crippen LogP contribution is -1.89. The Morgan fingerprint density at radius 2 is 1.63 bits per heavy atom. The zero-order chi connectivity index (χ0) is 28.6. The molecule has 0 fully saturated rings. The third-order valence-corrected chi connectivity index (χ3v) is 6.63. The van der Waals surface area contributed by atoms with E-state index in [-0.39, 0.29) is 0 Å². The molecule has 0 amide bonds. The molecule has 0 radical (unpaired) electrons. The van der Waals surface area contributed by atoms with E-state index in [0.29, 0.717) is 22.5 Å². The molecule has 0 saturated carbocycles. The Morgan fingerprint density at radius 1 is 0.829 bits per heavy atom. The highest BCUT2D eigenvalue weighted by molar-refractivity contribution is 6.06. The molecule has 5 rings (SSSR count). The summed E-state index contributed by atoms with van der Waals surface area (Å²) in [4.78, 5) is 8.90. The van der Waals surface area contributed by atoms with E-state index in [1.807, 2.05) is 54.6 Å². The van der Waals surface area contributed by atoms with Crippen molar-refractivity contribution in [1.29, 1.82) is 10.5 Å². The van der Waals surface area contributed by atoms with Crippen molar-refractivity contribution in [2.75, 3.05) is 0 Å². The van der Waals surface area contributed by atoms with Crippen molar-refractivity contribution in [2.24, 2.45) is 11.5 Å². The fourth-order valence-corrected chi connectivity index (χ4v) is 4.54. The summed E-state index contributed by atoms with van der Waals surface area (Å²) in [6.07, 6.45) is 15.3. The van der Waals surface area contributed by atoms with Gasteiger partial charge < -0.3 is 15.9 Å². The van der Waals surface area contributed by atoms with Crippen LogP contribution in [0.2, 0.25) is 0 Å². The summed E-state index contributed by atoms with van der Waals surface area (Å²) in [6.45, 7) is 0. The average Bonchev–Trinajstić information content (AvgIpc) is 3.39. The van der Waals surface area contributed by atoms with Crippen LogP contribution in [0.25, 0.3) is 50.0 Å². The number of aromatic nitrogens is 2. The lowest BCUT2D eigenvalue weighted by Gasteiger charge is -2.04. The highest BCUT2D eigenvalue weighted by Gasteiger charge is 2.11. The fraction of sp³-hybridized carbons (Fsp3) is 0.0588. The van der Waals surface area contributed by atoms with Crippen LogP contribution >= 0.6 is 0 Å². The van der Waals surface area contributed by atoms with Gasteiger partial charge in [0.25, 0.3) is 0 Å². The molecule has 198 valence electrons. The van der Waals surface area contributed by atoms with E-state index < -0.39 is 0 Å². The third-order valence-electron chi connectivity index (χ3n) is 6.63. The molecule has 0 atom stereocenters. The molecular formula is C34H26N6O. The van der Waals surface area contributed by atoms with E-state index in [9.17, 15) is 0 Å². The van der Waals surface area contributed by atoms with Gasteiger partial charge in [0.1, 0.15) is 11.2 Å². The van der Waals surface area contributed by atoms with E-state index in [1.165, 1.54) is 6.20 Å². The minimum absolute atomic E-state index is 0.543. The quantitative estimate of drug-likeness (QED) is 0.122. The molecule has 7 heteroatoms. The van der Waals surface area contributed by atoms with E-state index >= 15 is 0 Å². The summed E-state index contributed by atoms with van der Waals surface area (Å²) >= 11 is 0. The highest BCUT2D eigenvalue weighted by Crippen LogP contribution is 2.34. The Labute approximate surface area is 237 Å².